The van der Waals surface area contributed by atoms with Crippen molar-refractivity contribution in [3.05, 3.63) is 102 Å². The number of carbonyl (C=O) groups excluding carboxylic acids is 3. The Morgan fingerprint density at radius 1 is 0.902 bits per heavy atom. The van der Waals surface area contributed by atoms with E-state index < -0.39 is 29.5 Å². The maximum Gasteiger partial charge on any atom is 2.00 e. The molecule has 6 rings (SSSR count). The first kappa shape index (κ1) is 47.7. The van der Waals surface area contributed by atoms with Gasteiger partial charge in [-0.1, -0.05) is 118 Å². The Kier molecular flexibility index (Phi) is 16.2. The number of methoxy groups -OCH3 is 1. The molecule has 4 atom stereocenters. The second-order valence-corrected chi connectivity index (χ2v) is 17.4. The molecule has 0 radical (unpaired) electrons. The third-order valence-electron chi connectivity index (χ3n) is 12.8. The standard InChI is InChI=1S/C50H63N4O6.Mg/c1-11-33-31(8)38-24-42-36(26-55)35(19-20-43(56)60-22-21-29(6)18-14-17-28(5)16-13-15-27(3)4)47(54-42)45-46(50(58)59-10)49(57)44-32(9)39(53-48(44)45)25-41-34(12-2)30(7)37(51-41)23-40(33)52-38;/h11,21,23-25,27-28,35-36,46,55H,1,12-20,22,26H2,2-10H3,(H-,53,54,57);/q-3;+2/p-1/b29-21+,37-23-,41-25-,42-24-;/t28-,35+,36+,46-;/m1./s1. The van der Waals surface area contributed by atoms with Crippen LogP contribution in [0.1, 0.15) is 147 Å². The van der Waals surface area contributed by atoms with Gasteiger partial charge in [0.1, 0.15) is 12.5 Å². The number of esters is 2. The van der Waals surface area contributed by atoms with Crippen LogP contribution in [0, 0.1) is 50.4 Å². The Hall–Kier alpha value is -4.32. The summed E-state index contributed by atoms with van der Waals surface area (Å²) in [5.74, 6) is -2.49. The van der Waals surface area contributed by atoms with Crippen LogP contribution in [0.3, 0.4) is 0 Å². The molecular weight excluding hydrogens is 777 g/mol. The van der Waals surface area contributed by atoms with Crippen molar-refractivity contribution in [1.82, 2.24) is 15.0 Å². The summed E-state index contributed by atoms with van der Waals surface area (Å²) < 4.78 is 10.9. The Morgan fingerprint density at radius 2 is 1.61 bits per heavy atom. The van der Waals surface area contributed by atoms with Crippen molar-refractivity contribution in [2.24, 2.45) is 29.6 Å². The van der Waals surface area contributed by atoms with Gasteiger partial charge >= 0.3 is 35.0 Å². The molecule has 3 aromatic rings. The average molecular weight is 839 g/mol. The van der Waals surface area contributed by atoms with Crippen LogP contribution in [0.5, 0.6) is 0 Å². The number of aliphatic hydroxyl groups excluding tert-OH is 1. The molecule has 8 bridgehead atoms. The monoisotopic (exact) mass is 838 g/mol. The molecule has 1 saturated heterocycles. The number of aliphatic hydroxyl groups is 1. The zero-order valence-electron chi connectivity index (χ0n) is 37.7. The van der Waals surface area contributed by atoms with E-state index in [9.17, 15) is 19.5 Å². The second-order valence-electron chi connectivity index (χ2n) is 17.4. The van der Waals surface area contributed by atoms with Gasteiger partial charge in [-0.05, 0) is 88.7 Å². The molecule has 0 amide bonds. The van der Waals surface area contributed by atoms with E-state index in [1.54, 1.807) is 6.08 Å². The SMILES string of the molecule is C=Cc1c2[n-]c(c1C)/C=C1\[N-]/C(=C3\c4[n-]c(c(C)c4C(=O)[C@@H]3C(=O)OC)/C=c3\[n-]/c(c(C)c3CC)=C\2)[C@@H](CCC(=O)OC/C=C(\C)CCC[C@H](C)CCCC(C)C)[C@@H]1CO.[Mg+2]. The van der Waals surface area contributed by atoms with Crippen molar-refractivity contribution in [3.8, 4) is 0 Å². The first-order valence-corrected chi connectivity index (χ1v) is 21.8. The van der Waals surface area contributed by atoms with Crippen LogP contribution >= 0.6 is 0 Å². The second kappa shape index (κ2) is 20.7. The quantitative estimate of drug-likeness (QED) is 0.0631. The van der Waals surface area contributed by atoms with Crippen molar-refractivity contribution >= 4 is 70.7 Å². The van der Waals surface area contributed by atoms with Crippen LogP contribution < -0.4 is 25.7 Å². The smallest absolute Gasteiger partial charge is 0.664 e. The van der Waals surface area contributed by atoms with E-state index in [4.69, 9.17) is 29.7 Å². The molecule has 10 nitrogen and oxygen atoms in total. The average Bonchev–Trinajstić information content (AvgIpc) is 3.96. The van der Waals surface area contributed by atoms with E-state index >= 15 is 0 Å². The largest absolute Gasteiger partial charge is 2.00 e. The van der Waals surface area contributed by atoms with Crippen molar-refractivity contribution in [3.63, 3.8) is 0 Å². The summed E-state index contributed by atoms with van der Waals surface area (Å²) in [4.78, 5) is 56.4. The minimum atomic E-state index is -1.30. The van der Waals surface area contributed by atoms with Gasteiger partial charge in [-0.2, -0.15) is 11.4 Å². The van der Waals surface area contributed by atoms with Gasteiger partial charge in [0.2, 0.25) is 0 Å². The number of Topliss-reactive ketones (excluding diaryl/α,β-unsaturated/α-hetero) is 1. The van der Waals surface area contributed by atoms with Gasteiger partial charge in [0.25, 0.3) is 0 Å². The van der Waals surface area contributed by atoms with Crippen LogP contribution in [-0.4, -0.2) is 66.2 Å². The van der Waals surface area contributed by atoms with E-state index in [2.05, 4.69) is 41.2 Å². The van der Waals surface area contributed by atoms with Gasteiger partial charge in [-0.3, -0.25) is 14.4 Å². The van der Waals surface area contributed by atoms with Crippen molar-refractivity contribution in [2.45, 2.75) is 113 Å². The summed E-state index contributed by atoms with van der Waals surface area (Å²) in [5, 5.41) is 17.7. The number of ketones is 1. The predicted molar refractivity (Wildman–Crippen MR) is 243 cm³/mol. The van der Waals surface area contributed by atoms with Crippen LogP contribution in [0.4, 0.5) is 0 Å². The maximum absolute atomic E-state index is 14.3. The molecule has 3 aromatic heterocycles. The van der Waals surface area contributed by atoms with E-state index in [-0.39, 0.29) is 55.1 Å². The minimum Gasteiger partial charge on any atom is -0.664 e. The van der Waals surface area contributed by atoms with Gasteiger partial charge in [0, 0.05) is 18.6 Å². The number of carbonyl (C=O) groups is 3. The molecule has 0 saturated carbocycles. The van der Waals surface area contributed by atoms with Crippen molar-refractivity contribution in [2.75, 3.05) is 20.3 Å². The Labute approximate surface area is 377 Å². The maximum atomic E-state index is 14.3. The Bertz CT molecular complexity index is 2370. The fourth-order valence-corrected chi connectivity index (χ4v) is 9.20. The Morgan fingerprint density at radius 3 is 2.28 bits per heavy atom. The van der Waals surface area contributed by atoms with Gasteiger partial charge in [0.15, 0.2) is 5.78 Å². The molecule has 3 aliphatic rings. The summed E-state index contributed by atoms with van der Waals surface area (Å²) in [5.41, 5.74) is 9.62. The zero-order chi connectivity index (χ0) is 43.4. The van der Waals surface area contributed by atoms with E-state index in [1.807, 2.05) is 45.1 Å². The van der Waals surface area contributed by atoms with Gasteiger partial charge in [-0.25, -0.2) is 0 Å². The molecule has 1 N–H and O–H groups in total. The molecule has 0 spiro atoms. The minimum absolute atomic E-state index is 0. The van der Waals surface area contributed by atoms with E-state index in [0.29, 0.717) is 56.8 Å². The van der Waals surface area contributed by atoms with E-state index in [1.165, 1.54) is 38.4 Å². The van der Waals surface area contributed by atoms with Gasteiger partial charge < -0.3 is 34.8 Å². The Balaban J connectivity index is 0.00000704. The molecule has 11 heteroatoms. The van der Waals surface area contributed by atoms with Crippen LogP contribution in [-0.2, 0) is 25.5 Å². The number of fused-ring (bicyclic) bond motifs is 7. The third-order valence-corrected chi connectivity index (χ3v) is 12.8. The zero-order valence-corrected chi connectivity index (χ0v) is 39.2. The molecule has 61 heavy (non-hydrogen) atoms. The summed E-state index contributed by atoms with van der Waals surface area (Å²) in [6.45, 7) is 20.9. The van der Waals surface area contributed by atoms with Crippen LogP contribution in [0.2, 0.25) is 0 Å². The number of nitrogens with zero attached hydrogens (tertiary/aromatic N) is 4. The summed E-state index contributed by atoms with van der Waals surface area (Å²) in [6, 6.07) is 0. The topological polar surface area (TPSA) is 146 Å². The number of allylic oxidation sites excluding steroid dienone is 2. The molecular formula is C50H62MgN4O6-2. The molecule has 0 aromatic carbocycles. The number of hydrogen-bond donors (Lipinski definition) is 1. The number of aromatic nitrogens is 3. The van der Waals surface area contributed by atoms with Gasteiger partial charge in [0.05, 0.1) is 7.11 Å². The molecule has 2 aliphatic heterocycles. The summed E-state index contributed by atoms with van der Waals surface area (Å²) >= 11 is 0. The summed E-state index contributed by atoms with van der Waals surface area (Å²) in [7, 11) is 1.26. The summed E-state index contributed by atoms with van der Waals surface area (Å²) in [6.07, 6.45) is 17.6. The normalized spacial score (nSPS) is 21.8. The van der Waals surface area contributed by atoms with Crippen LogP contribution in [0.25, 0.3) is 35.2 Å². The molecule has 1 aliphatic carbocycles. The molecule has 1 fully saturated rings. The number of hydrogen-bond acceptors (Lipinski definition) is 6. The van der Waals surface area contributed by atoms with Crippen molar-refractivity contribution in [1.29, 1.82) is 0 Å². The first-order valence-electron chi connectivity index (χ1n) is 21.8. The number of rotatable bonds is 17. The molecule has 0 unspecified atom stereocenters. The predicted octanol–water partition coefficient (Wildman–Crippen LogP) is 7.53. The van der Waals surface area contributed by atoms with Crippen molar-refractivity contribution < 1.29 is 29.0 Å². The fourth-order valence-electron chi connectivity index (χ4n) is 9.20. The van der Waals surface area contributed by atoms with Gasteiger partial charge in [-0.15, -0.1) is 33.5 Å². The molecule has 322 valence electrons. The third kappa shape index (κ3) is 10.00. The number of ether oxygens (including phenoxy) is 2. The fraction of sp³-hybridized carbons (Fsp3) is 0.500. The molecule has 5 heterocycles. The first-order chi connectivity index (χ1) is 28.7. The van der Waals surface area contributed by atoms with E-state index in [0.717, 1.165) is 58.1 Å². The van der Waals surface area contributed by atoms with Crippen LogP contribution in [0.15, 0.2) is 29.6 Å².